The first-order valence-electron chi connectivity index (χ1n) is 6.84. The van der Waals surface area contributed by atoms with Gasteiger partial charge in [0.2, 0.25) is 10.1 Å². The Kier molecular flexibility index (Phi) is 3.25. The maximum Gasteiger partial charge on any atom is 0.275 e. The molecule has 2 N–H and O–H groups in total. The zero-order valence-electron chi connectivity index (χ0n) is 11.6. The number of nitrogens with one attached hydrogen (secondary N) is 1. The van der Waals surface area contributed by atoms with Crippen LogP contribution in [0.2, 0.25) is 0 Å². The van der Waals surface area contributed by atoms with Gasteiger partial charge in [-0.05, 0) is 32.1 Å². The fraction of sp³-hybridized carbons (Fsp3) is 0.615. The summed E-state index contributed by atoms with van der Waals surface area (Å²) in [6, 6.07) is 1.52. The van der Waals surface area contributed by atoms with E-state index in [9.17, 15) is 9.90 Å². The average molecular weight is 294 g/mol. The number of aryl methyl sites for hydroxylation is 1. The Morgan fingerprint density at radius 2 is 2.35 bits per heavy atom. The van der Waals surface area contributed by atoms with Crippen LogP contribution in [-0.4, -0.2) is 31.9 Å². The predicted molar refractivity (Wildman–Crippen MR) is 78.3 cm³/mol. The summed E-state index contributed by atoms with van der Waals surface area (Å²) in [4.78, 5) is 16.9. The zero-order chi connectivity index (χ0) is 14.3. The van der Waals surface area contributed by atoms with Gasteiger partial charge in [0.25, 0.3) is 5.56 Å². The van der Waals surface area contributed by atoms with Crippen LogP contribution in [0.1, 0.15) is 32.4 Å². The van der Waals surface area contributed by atoms with Crippen LogP contribution in [0.4, 0.5) is 5.13 Å². The third kappa shape index (κ3) is 2.31. The molecule has 1 aliphatic carbocycles. The fourth-order valence-electron chi connectivity index (χ4n) is 2.32. The number of fused-ring (bicyclic) bond motifs is 1. The molecular weight excluding hydrogens is 276 g/mol. The summed E-state index contributed by atoms with van der Waals surface area (Å²) in [6.45, 7) is 4.01. The lowest BCUT2D eigenvalue weighted by molar-refractivity contribution is 0.206. The maximum absolute atomic E-state index is 11.9. The number of aromatic nitrogens is 3. The summed E-state index contributed by atoms with van der Waals surface area (Å²) in [5.41, 5.74) is 0.246. The van der Waals surface area contributed by atoms with E-state index < -0.39 is 0 Å². The quantitative estimate of drug-likeness (QED) is 0.868. The highest BCUT2D eigenvalue weighted by atomic mass is 32.1. The van der Waals surface area contributed by atoms with Crippen molar-refractivity contribution in [2.24, 2.45) is 5.92 Å². The second-order valence-corrected chi connectivity index (χ2v) is 6.47. The highest BCUT2D eigenvalue weighted by Crippen LogP contribution is 2.41. The number of aliphatic hydroxyl groups is 1. The van der Waals surface area contributed by atoms with E-state index in [1.807, 2.05) is 13.8 Å². The number of aliphatic hydroxyl groups excluding tert-OH is 1. The second kappa shape index (κ2) is 4.82. The van der Waals surface area contributed by atoms with Gasteiger partial charge in [-0.25, -0.2) is 4.98 Å². The van der Waals surface area contributed by atoms with Gasteiger partial charge >= 0.3 is 0 Å². The van der Waals surface area contributed by atoms with Crippen LogP contribution >= 0.6 is 11.3 Å². The summed E-state index contributed by atoms with van der Waals surface area (Å²) >= 11 is 1.35. The summed E-state index contributed by atoms with van der Waals surface area (Å²) in [5.74, 6) is 0.468. The van der Waals surface area contributed by atoms with Crippen molar-refractivity contribution in [3.8, 4) is 0 Å². The number of nitrogens with zero attached hydrogens (tertiary/aromatic N) is 3. The molecular formula is C13H18N4O2S. The summed E-state index contributed by atoms with van der Waals surface area (Å²) < 4.78 is 1.32. The van der Waals surface area contributed by atoms with Crippen molar-refractivity contribution in [3.63, 3.8) is 0 Å². The Balaban J connectivity index is 1.96. The minimum Gasteiger partial charge on any atom is -0.394 e. The summed E-state index contributed by atoms with van der Waals surface area (Å²) in [6.07, 6.45) is 2.96. The molecule has 0 amide bonds. The molecule has 0 saturated heterocycles. The molecule has 0 aromatic carbocycles. The monoisotopic (exact) mass is 294 g/mol. The van der Waals surface area contributed by atoms with Gasteiger partial charge < -0.3 is 10.4 Å². The zero-order valence-corrected chi connectivity index (χ0v) is 12.4. The lowest BCUT2D eigenvalue weighted by Crippen LogP contribution is -2.41. The van der Waals surface area contributed by atoms with Crippen molar-refractivity contribution in [1.82, 2.24) is 14.6 Å². The summed E-state index contributed by atoms with van der Waals surface area (Å²) in [7, 11) is 0. The molecule has 0 bridgehead atoms. The van der Waals surface area contributed by atoms with Crippen molar-refractivity contribution in [2.45, 2.75) is 38.6 Å². The van der Waals surface area contributed by atoms with E-state index in [1.165, 1.54) is 21.9 Å². The first-order valence-corrected chi connectivity index (χ1v) is 7.66. The first-order chi connectivity index (χ1) is 9.55. The van der Waals surface area contributed by atoms with Gasteiger partial charge in [-0.1, -0.05) is 18.3 Å². The molecule has 1 atom stereocenters. The Morgan fingerprint density at radius 3 is 2.95 bits per heavy atom. The first kappa shape index (κ1) is 13.5. The smallest absolute Gasteiger partial charge is 0.275 e. The minimum absolute atomic E-state index is 0.0517. The van der Waals surface area contributed by atoms with Crippen molar-refractivity contribution >= 4 is 21.4 Å². The number of rotatable bonds is 5. The van der Waals surface area contributed by atoms with Gasteiger partial charge in [0, 0.05) is 11.8 Å². The van der Waals surface area contributed by atoms with Crippen LogP contribution in [0, 0.1) is 5.92 Å². The SMILES string of the molecule is CCc1cc(=O)n2nc(NC(C)(CO)C3CC3)sc2n1. The molecule has 108 valence electrons. The van der Waals surface area contributed by atoms with Crippen molar-refractivity contribution in [1.29, 1.82) is 0 Å². The van der Waals surface area contributed by atoms with Crippen LogP contribution < -0.4 is 10.9 Å². The van der Waals surface area contributed by atoms with E-state index in [0.717, 1.165) is 25.0 Å². The van der Waals surface area contributed by atoms with Crippen molar-refractivity contribution in [2.75, 3.05) is 11.9 Å². The summed E-state index contributed by atoms with van der Waals surface area (Å²) in [5, 5.41) is 17.8. The Hall–Kier alpha value is -1.47. The lowest BCUT2D eigenvalue weighted by Gasteiger charge is -2.28. The van der Waals surface area contributed by atoms with Gasteiger partial charge in [0.05, 0.1) is 12.1 Å². The molecule has 7 heteroatoms. The molecule has 3 rings (SSSR count). The normalized spacial score (nSPS) is 18.1. The molecule has 1 saturated carbocycles. The molecule has 0 spiro atoms. The molecule has 0 aliphatic heterocycles. The molecule has 6 nitrogen and oxygen atoms in total. The third-order valence-corrected chi connectivity index (χ3v) is 4.68. The van der Waals surface area contributed by atoms with E-state index in [0.29, 0.717) is 16.0 Å². The third-order valence-electron chi connectivity index (χ3n) is 3.86. The Bertz CT molecular complexity index is 691. The largest absolute Gasteiger partial charge is 0.394 e. The fourth-order valence-corrected chi connectivity index (χ4v) is 3.28. The molecule has 1 fully saturated rings. The molecule has 2 aromatic rings. The predicted octanol–water partition coefficient (Wildman–Crippen LogP) is 1.29. The molecule has 2 heterocycles. The molecule has 20 heavy (non-hydrogen) atoms. The van der Waals surface area contributed by atoms with Gasteiger partial charge in [-0.3, -0.25) is 4.79 Å². The molecule has 0 radical (unpaired) electrons. The van der Waals surface area contributed by atoms with Gasteiger partial charge in [-0.15, -0.1) is 5.10 Å². The van der Waals surface area contributed by atoms with Gasteiger partial charge in [-0.2, -0.15) is 4.52 Å². The van der Waals surface area contributed by atoms with Crippen LogP contribution in [0.15, 0.2) is 10.9 Å². The van der Waals surface area contributed by atoms with Crippen LogP contribution in [0.25, 0.3) is 4.96 Å². The average Bonchev–Trinajstić information content (AvgIpc) is 3.21. The highest BCUT2D eigenvalue weighted by Gasteiger charge is 2.41. The lowest BCUT2D eigenvalue weighted by atomic mass is 9.97. The van der Waals surface area contributed by atoms with Crippen LogP contribution in [0.3, 0.4) is 0 Å². The number of hydrogen-bond donors (Lipinski definition) is 2. The topological polar surface area (TPSA) is 79.5 Å². The molecule has 2 aromatic heterocycles. The molecule has 1 unspecified atom stereocenters. The highest BCUT2D eigenvalue weighted by molar-refractivity contribution is 7.20. The van der Waals surface area contributed by atoms with Gasteiger partial charge in [0.1, 0.15) is 0 Å². The second-order valence-electron chi connectivity index (χ2n) is 5.52. The van der Waals surface area contributed by atoms with Crippen LogP contribution in [-0.2, 0) is 6.42 Å². The van der Waals surface area contributed by atoms with E-state index >= 15 is 0 Å². The van der Waals surface area contributed by atoms with Crippen LogP contribution in [0.5, 0.6) is 0 Å². The Morgan fingerprint density at radius 1 is 1.60 bits per heavy atom. The minimum atomic E-state index is -0.370. The standard InChI is InChI=1S/C13H18N4O2S/c1-3-9-6-10(19)17-12(14-9)20-11(16-17)15-13(2,7-18)8-4-5-8/h6,8,18H,3-5,7H2,1-2H3,(H,15,16). The van der Waals surface area contributed by atoms with Crippen molar-refractivity contribution < 1.29 is 5.11 Å². The number of hydrogen-bond acceptors (Lipinski definition) is 6. The van der Waals surface area contributed by atoms with E-state index in [-0.39, 0.29) is 17.7 Å². The van der Waals surface area contributed by atoms with E-state index in [4.69, 9.17) is 0 Å². The number of anilines is 1. The molecule has 1 aliphatic rings. The van der Waals surface area contributed by atoms with E-state index in [1.54, 1.807) is 0 Å². The van der Waals surface area contributed by atoms with Crippen molar-refractivity contribution in [3.05, 3.63) is 22.1 Å². The van der Waals surface area contributed by atoms with E-state index in [2.05, 4.69) is 15.4 Å². The van der Waals surface area contributed by atoms with Gasteiger partial charge in [0.15, 0.2) is 0 Å². The maximum atomic E-state index is 11.9. The Labute approximate surface area is 120 Å².